The van der Waals surface area contributed by atoms with Crippen LogP contribution in [0.4, 0.5) is 0 Å². The minimum absolute atomic E-state index is 0.696. The second kappa shape index (κ2) is 10.6. The van der Waals surface area contributed by atoms with Gasteiger partial charge in [0.15, 0.2) is 5.82 Å². The molecule has 0 unspecified atom stereocenters. The molecule has 0 aliphatic rings. The first-order chi connectivity index (χ1) is 21.3. The summed E-state index contributed by atoms with van der Waals surface area (Å²) in [4.78, 5) is 10.7. The zero-order chi connectivity index (χ0) is 28.6. The van der Waals surface area contributed by atoms with Crippen LogP contribution in [0.3, 0.4) is 0 Å². The molecule has 0 fully saturated rings. The number of hydrogen-bond donors (Lipinski definition) is 0. The summed E-state index contributed by atoms with van der Waals surface area (Å²) < 4.78 is 2.27. The summed E-state index contributed by atoms with van der Waals surface area (Å²) in [5.41, 5.74) is 10.6. The molecule has 0 N–H and O–H groups in total. The molecule has 0 amide bonds. The number of rotatable bonds is 5. The van der Waals surface area contributed by atoms with Gasteiger partial charge in [0, 0.05) is 22.2 Å². The minimum Gasteiger partial charge on any atom is -0.294 e. The molecule has 202 valence electrons. The molecule has 2 aromatic heterocycles. The number of para-hydroxylation sites is 2. The summed E-state index contributed by atoms with van der Waals surface area (Å²) in [7, 11) is 0. The molecule has 0 radical (unpaired) electrons. The summed E-state index contributed by atoms with van der Waals surface area (Å²) in [6.07, 6.45) is 0. The van der Waals surface area contributed by atoms with Gasteiger partial charge in [0.25, 0.3) is 0 Å². The van der Waals surface area contributed by atoms with E-state index in [1.165, 1.54) is 0 Å². The van der Waals surface area contributed by atoms with Gasteiger partial charge in [-0.3, -0.25) is 4.57 Å². The van der Waals surface area contributed by atoms with E-state index < -0.39 is 0 Å². The molecule has 0 bridgehead atoms. The standard InChI is InChI=1S/C40H27N3/c1-5-15-28(16-6-1)31-25-32(29-17-7-2-8-18-29)27-33(26-31)39-41-38(30-19-9-3-10-20-30)37-35-23-13-14-24-36(35)43(40(37)42-39)34-21-11-4-12-22-34/h1-27H. The van der Waals surface area contributed by atoms with Gasteiger partial charge in [-0.05, 0) is 58.7 Å². The summed E-state index contributed by atoms with van der Waals surface area (Å²) in [5.74, 6) is 0.696. The molecule has 43 heavy (non-hydrogen) atoms. The predicted octanol–water partition coefficient (Wildman–Crippen LogP) is 10.2. The van der Waals surface area contributed by atoms with Gasteiger partial charge in [0.05, 0.1) is 16.6 Å². The Labute approximate surface area is 250 Å². The van der Waals surface area contributed by atoms with E-state index in [0.717, 1.165) is 66.7 Å². The van der Waals surface area contributed by atoms with E-state index in [-0.39, 0.29) is 0 Å². The van der Waals surface area contributed by atoms with Crippen molar-refractivity contribution in [3.63, 3.8) is 0 Å². The maximum absolute atomic E-state index is 5.37. The molecule has 2 heterocycles. The molecule has 0 spiro atoms. The van der Waals surface area contributed by atoms with Crippen LogP contribution in [0.25, 0.3) is 72.5 Å². The Balaban J connectivity index is 1.47. The van der Waals surface area contributed by atoms with Gasteiger partial charge in [-0.15, -0.1) is 0 Å². The van der Waals surface area contributed by atoms with Crippen LogP contribution < -0.4 is 0 Å². The number of benzene rings is 6. The Hall–Kier alpha value is -5.80. The van der Waals surface area contributed by atoms with Crippen molar-refractivity contribution in [1.29, 1.82) is 0 Å². The highest BCUT2D eigenvalue weighted by molar-refractivity contribution is 6.14. The zero-order valence-electron chi connectivity index (χ0n) is 23.4. The summed E-state index contributed by atoms with van der Waals surface area (Å²) in [6.45, 7) is 0. The largest absolute Gasteiger partial charge is 0.294 e. The van der Waals surface area contributed by atoms with Crippen molar-refractivity contribution < 1.29 is 0 Å². The maximum Gasteiger partial charge on any atom is 0.162 e. The van der Waals surface area contributed by atoms with Gasteiger partial charge < -0.3 is 0 Å². The first-order valence-electron chi connectivity index (χ1n) is 14.5. The van der Waals surface area contributed by atoms with Crippen molar-refractivity contribution in [2.45, 2.75) is 0 Å². The Morgan fingerprint density at radius 1 is 0.395 bits per heavy atom. The minimum atomic E-state index is 0.696. The predicted molar refractivity (Wildman–Crippen MR) is 178 cm³/mol. The van der Waals surface area contributed by atoms with E-state index in [4.69, 9.17) is 9.97 Å². The lowest BCUT2D eigenvalue weighted by molar-refractivity contribution is 1.11. The third-order valence-electron chi connectivity index (χ3n) is 7.98. The molecule has 6 aromatic carbocycles. The highest BCUT2D eigenvalue weighted by atomic mass is 15.1. The van der Waals surface area contributed by atoms with Crippen molar-refractivity contribution in [2.75, 3.05) is 0 Å². The average molecular weight is 550 g/mol. The molecule has 3 nitrogen and oxygen atoms in total. The highest BCUT2D eigenvalue weighted by Crippen LogP contribution is 2.39. The molecule has 0 atom stereocenters. The fraction of sp³-hybridized carbons (Fsp3) is 0. The van der Waals surface area contributed by atoms with Crippen LogP contribution >= 0.6 is 0 Å². The summed E-state index contributed by atoms with van der Waals surface area (Å²) in [5, 5.41) is 2.19. The average Bonchev–Trinajstić information content (AvgIpc) is 3.43. The zero-order valence-corrected chi connectivity index (χ0v) is 23.4. The first-order valence-corrected chi connectivity index (χ1v) is 14.5. The van der Waals surface area contributed by atoms with E-state index in [2.05, 4.69) is 156 Å². The number of aromatic nitrogens is 3. The van der Waals surface area contributed by atoms with Gasteiger partial charge in [0.1, 0.15) is 5.65 Å². The normalized spacial score (nSPS) is 11.3. The van der Waals surface area contributed by atoms with Crippen LogP contribution in [-0.4, -0.2) is 14.5 Å². The highest BCUT2D eigenvalue weighted by Gasteiger charge is 2.21. The third-order valence-corrected chi connectivity index (χ3v) is 7.98. The van der Waals surface area contributed by atoms with Crippen LogP contribution in [0, 0.1) is 0 Å². The molecule has 0 saturated heterocycles. The lowest BCUT2D eigenvalue weighted by atomic mass is 9.95. The maximum atomic E-state index is 5.37. The third kappa shape index (κ3) is 4.48. The second-order valence-electron chi connectivity index (χ2n) is 10.7. The lowest BCUT2D eigenvalue weighted by Crippen LogP contribution is -2.00. The van der Waals surface area contributed by atoms with E-state index >= 15 is 0 Å². The Morgan fingerprint density at radius 2 is 0.884 bits per heavy atom. The van der Waals surface area contributed by atoms with Crippen LogP contribution in [-0.2, 0) is 0 Å². The first kappa shape index (κ1) is 25.0. The van der Waals surface area contributed by atoms with E-state index in [0.29, 0.717) is 5.82 Å². The van der Waals surface area contributed by atoms with Crippen molar-refractivity contribution in [3.05, 3.63) is 164 Å². The number of hydrogen-bond acceptors (Lipinski definition) is 2. The van der Waals surface area contributed by atoms with Gasteiger partial charge in [-0.2, -0.15) is 0 Å². The molecule has 0 aliphatic heterocycles. The van der Waals surface area contributed by atoms with E-state index in [9.17, 15) is 0 Å². The smallest absolute Gasteiger partial charge is 0.162 e. The van der Waals surface area contributed by atoms with Gasteiger partial charge in [-0.25, -0.2) is 9.97 Å². The summed E-state index contributed by atoms with van der Waals surface area (Å²) >= 11 is 0. The molecule has 8 aromatic rings. The second-order valence-corrected chi connectivity index (χ2v) is 10.7. The van der Waals surface area contributed by atoms with Gasteiger partial charge >= 0.3 is 0 Å². The number of fused-ring (bicyclic) bond motifs is 3. The van der Waals surface area contributed by atoms with E-state index in [1.807, 2.05) is 12.1 Å². The van der Waals surface area contributed by atoms with Crippen LogP contribution in [0.5, 0.6) is 0 Å². The van der Waals surface area contributed by atoms with Crippen LogP contribution in [0.2, 0.25) is 0 Å². The Morgan fingerprint density at radius 3 is 1.49 bits per heavy atom. The van der Waals surface area contributed by atoms with Crippen LogP contribution in [0.1, 0.15) is 0 Å². The fourth-order valence-electron chi connectivity index (χ4n) is 5.98. The van der Waals surface area contributed by atoms with E-state index in [1.54, 1.807) is 0 Å². The van der Waals surface area contributed by atoms with Crippen molar-refractivity contribution in [2.24, 2.45) is 0 Å². The summed E-state index contributed by atoms with van der Waals surface area (Å²) in [6, 6.07) is 57.2. The molecular weight excluding hydrogens is 522 g/mol. The molecule has 0 aliphatic carbocycles. The fourth-order valence-corrected chi connectivity index (χ4v) is 5.98. The monoisotopic (exact) mass is 549 g/mol. The molecule has 3 heteroatoms. The molecule has 8 rings (SSSR count). The van der Waals surface area contributed by atoms with Crippen molar-refractivity contribution in [1.82, 2.24) is 14.5 Å². The number of nitrogens with zero attached hydrogens (tertiary/aromatic N) is 3. The SMILES string of the molecule is c1ccc(-c2cc(-c3ccccc3)cc(-c3nc(-c4ccccc4)c4c5ccccc5n(-c5ccccc5)c4n3)c2)cc1. The molecular formula is C40H27N3. The van der Waals surface area contributed by atoms with Crippen molar-refractivity contribution >= 4 is 21.9 Å². The van der Waals surface area contributed by atoms with Gasteiger partial charge in [0.2, 0.25) is 0 Å². The molecule has 0 saturated carbocycles. The lowest BCUT2D eigenvalue weighted by Gasteiger charge is -2.13. The topological polar surface area (TPSA) is 30.7 Å². The Kier molecular flexibility index (Phi) is 6.12. The van der Waals surface area contributed by atoms with Crippen LogP contribution in [0.15, 0.2) is 164 Å². The van der Waals surface area contributed by atoms with Crippen molar-refractivity contribution in [3.8, 4) is 50.6 Å². The quantitative estimate of drug-likeness (QED) is 0.214. The Bertz CT molecular complexity index is 2140. The van der Waals surface area contributed by atoms with Gasteiger partial charge in [-0.1, -0.05) is 127 Å².